The molecule has 0 radical (unpaired) electrons. The van der Waals surface area contributed by atoms with Crippen LogP contribution < -0.4 is 10.5 Å². The van der Waals surface area contributed by atoms with Crippen molar-refractivity contribution < 1.29 is 26.3 Å². The first kappa shape index (κ1) is 16.9. The molecule has 0 aliphatic heterocycles. The minimum atomic E-state index is -3.85. The van der Waals surface area contributed by atoms with E-state index in [-0.39, 0.29) is 30.2 Å². The van der Waals surface area contributed by atoms with Crippen LogP contribution in [0.2, 0.25) is 0 Å². The van der Waals surface area contributed by atoms with Crippen molar-refractivity contribution >= 4 is 10.0 Å². The molecule has 3 N–H and O–H groups in total. The lowest BCUT2D eigenvalue weighted by Crippen LogP contribution is -2.28. The van der Waals surface area contributed by atoms with Crippen LogP contribution in [-0.2, 0) is 21.3 Å². The zero-order valence-corrected chi connectivity index (χ0v) is 11.3. The summed E-state index contributed by atoms with van der Waals surface area (Å²) in [6.45, 7) is -1.23. The number of ether oxygens (including phenoxy) is 1. The lowest BCUT2D eigenvalue weighted by Gasteiger charge is -2.09. The van der Waals surface area contributed by atoms with Crippen LogP contribution in [0.25, 0.3) is 0 Å². The van der Waals surface area contributed by atoms with Gasteiger partial charge in [-0.3, -0.25) is 0 Å². The first-order valence-corrected chi connectivity index (χ1v) is 7.19. The second-order valence-corrected chi connectivity index (χ2v) is 5.59. The Balaban J connectivity index is 2.60. The van der Waals surface area contributed by atoms with Crippen molar-refractivity contribution in [3.63, 3.8) is 0 Å². The van der Waals surface area contributed by atoms with Crippen molar-refractivity contribution in [1.29, 1.82) is 0 Å². The summed E-state index contributed by atoms with van der Waals surface area (Å²) in [5.41, 5.74) is 5.36. The van der Waals surface area contributed by atoms with Crippen LogP contribution in [0.5, 0.6) is 0 Å². The maximum Gasteiger partial charge on any atom is 0.261 e. The number of alkyl halides is 2. The van der Waals surface area contributed by atoms with Gasteiger partial charge in [0.25, 0.3) is 6.43 Å². The highest BCUT2D eigenvalue weighted by Gasteiger charge is 2.15. The fraction of sp³-hybridized carbons (Fsp3) is 0.455. The topological polar surface area (TPSA) is 81.4 Å². The van der Waals surface area contributed by atoms with Gasteiger partial charge in [-0.1, -0.05) is 0 Å². The molecule has 0 aliphatic rings. The van der Waals surface area contributed by atoms with Crippen LogP contribution in [0.3, 0.4) is 0 Å². The molecule has 0 fully saturated rings. The number of rotatable bonds is 8. The number of sulfonamides is 1. The molecule has 0 amide bonds. The average Bonchev–Trinajstić information content (AvgIpc) is 2.38. The standard InChI is InChI=1S/C11H15F3N2O3S/c12-10-2-1-9(5-8(10)6-15)20(17,18)16-3-4-19-7-11(13)14/h1-2,5,11,16H,3-4,6-7,15H2. The molecule has 0 aliphatic carbocycles. The van der Waals surface area contributed by atoms with Crippen LogP contribution in [0.15, 0.2) is 23.1 Å². The Hall–Kier alpha value is -1.16. The van der Waals surface area contributed by atoms with E-state index in [1.54, 1.807) is 0 Å². The van der Waals surface area contributed by atoms with Crippen LogP contribution >= 0.6 is 0 Å². The normalized spacial score (nSPS) is 12.1. The Kier molecular flexibility index (Phi) is 6.40. The maximum absolute atomic E-state index is 13.2. The number of benzene rings is 1. The van der Waals surface area contributed by atoms with E-state index in [1.165, 1.54) is 0 Å². The summed E-state index contributed by atoms with van der Waals surface area (Å²) in [7, 11) is -3.85. The molecule has 0 saturated heterocycles. The van der Waals surface area contributed by atoms with Gasteiger partial charge in [-0.05, 0) is 18.2 Å². The van der Waals surface area contributed by atoms with Crippen LogP contribution in [0.4, 0.5) is 13.2 Å². The van der Waals surface area contributed by atoms with Gasteiger partial charge in [0, 0.05) is 18.7 Å². The SMILES string of the molecule is NCc1cc(S(=O)(=O)NCCOCC(F)F)ccc1F. The zero-order valence-electron chi connectivity index (χ0n) is 10.5. The van der Waals surface area contributed by atoms with Crippen LogP contribution in [-0.4, -0.2) is 34.6 Å². The predicted octanol–water partition coefficient (Wildman–Crippen LogP) is 0.844. The molecule has 0 saturated carbocycles. The van der Waals surface area contributed by atoms with Gasteiger partial charge < -0.3 is 10.5 Å². The number of hydrogen-bond acceptors (Lipinski definition) is 4. The number of hydrogen-bond donors (Lipinski definition) is 2. The Bertz CT molecular complexity index is 538. The van der Waals surface area contributed by atoms with Gasteiger partial charge in [0.15, 0.2) is 0 Å². The van der Waals surface area contributed by atoms with Crippen LogP contribution in [0, 0.1) is 5.82 Å². The van der Waals surface area contributed by atoms with Crippen molar-refractivity contribution in [3.8, 4) is 0 Å². The molecule has 9 heteroatoms. The fourth-order valence-corrected chi connectivity index (χ4v) is 2.44. The molecule has 1 aromatic rings. The second-order valence-electron chi connectivity index (χ2n) is 3.82. The molecule has 0 bridgehead atoms. The molecular formula is C11H15F3N2O3S. The van der Waals surface area contributed by atoms with Crippen molar-refractivity contribution in [2.45, 2.75) is 17.9 Å². The van der Waals surface area contributed by atoms with Crippen molar-refractivity contribution in [2.75, 3.05) is 19.8 Å². The van der Waals surface area contributed by atoms with E-state index in [9.17, 15) is 21.6 Å². The average molecular weight is 312 g/mol. The minimum absolute atomic E-state index is 0.0711. The van der Waals surface area contributed by atoms with Gasteiger partial charge in [-0.15, -0.1) is 0 Å². The van der Waals surface area contributed by atoms with E-state index in [1.807, 2.05) is 0 Å². The largest absolute Gasteiger partial charge is 0.374 e. The third-order valence-corrected chi connectivity index (χ3v) is 3.79. The number of nitrogens with two attached hydrogens (primary N) is 1. The van der Waals surface area contributed by atoms with E-state index in [2.05, 4.69) is 9.46 Å². The highest BCUT2D eigenvalue weighted by atomic mass is 32.2. The van der Waals surface area contributed by atoms with Gasteiger partial charge in [0.05, 0.1) is 11.5 Å². The third-order valence-electron chi connectivity index (χ3n) is 2.33. The number of halogens is 3. The van der Waals surface area contributed by atoms with Gasteiger partial charge in [0.1, 0.15) is 12.4 Å². The molecule has 0 spiro atoms. The van der Waals surface area contributed by atoms with E-state index < -0.39 is 28.9 Å². The van der Waals surface area contributed by atoms with E-state index in [4.69, 9.17) is 5.73 Å². The molecule has 0 aromatic heterocycles. The first-order chi connectivity index (χ1) is 9.36. The summed E-state index contributed by atoms with van der Waals surface area (Å²) in [6, 6.07) is 3.22. The molecular weight excluding hydrogens is 297 g/mol. The van der Waals surface area contributed by atoms with E-state index >= 15 is 0 Å². The lowest BCUT2D eigenvalue weighted by molar-refractivity contribution is 0.0199. The van der Waals surface area contributed by atoms with Gasteiger partial charge in [0.2, 0.25) is 10.0 Å². The molecule has 1 aromatic carbocycles. The first-order valence-electron chi connectivity index (χ1n) is 5.71. The maximum atomic E-state index is 13.2. The molecule has 0 heterocycles. The minimum Gasteiger partial charge on any atom is -0.374 e. The highest BCUT2D eigenvalue weighted by molar-refractivity contribution is 7.89. The Morgan fingerprint density at radius 2 is 2.05 bits per heavy atom. The van der Waals surface area contributed by atoms with Gasteiger partial charge in [-0.25, -0.2) is 26.3 Å². The fourth-order valence-electron chi connectivity index (χ4n) is 1.38. The summed E-state index contributed by atoms with van der Waals surface area (Å²) in [6.07, 6.45) is -2.60. The highest BCUT2D eigenvalue weighted by Crippen LogP contribution is 2.14. The molecule has 1 rings (SSSR count). The molecule has 114 valence electrons. The molecule has 0 atom stereocenters. The summed E-state index contributed by atoms with van der Waals surface area (Å²) >= 11 is 0. The summed E-state index contributed by atoms with van der Waals surface area (Å²) in [4.78, 5) is -0.145. The van der Waals surface area contributed by atoms with Gasteiger partial charge >= 0.3 is 0 Å². The molecule has 0 unspecified atom stereocenters. The Morgan fingerprint density at radius 3 is 2.65 bits per heavy atom. The summed E-state index contributed by atoms with van der Waals surface area (Å²) in [5.74, 6) is -0.591. The summed E-state index contributed by atoms with van der Waals surface area (Å²) in [5, 5.41) is 0. The zero-order chi connectivity index (χ0) is 15.2. The number of nitrogens with one attached hydrogen (secondary N) is 1. The van der Waals surface area contributed by atoms with E-state index in [0.29, 0.717) is 0 Å². The summed E-state index contributed by atoms with van der Waals surface area (Å²) < 4.78 is 67.1. The predicted molar refractivity (Wildman–Crippen MR) is 66.3 cm³/mol. The monoisotopic (exact) mass is 312 g/mol. The second kappa shape index (κ2) is 7.58. The molecule has 5 nitrogen and oxygen atoms in total. The van der Waals surface area contributed by atoms with Crippen molar-refractivity contribution in [3.05, 3.63) is 29.6 Å². The third kappa shape index (κ3) is 5.08. The van der Waals surface area contributed by atoms with Crippen molar-refractivity contribution in [2.24, 2.45) is 5.73 Å². The Morgan fingerprint density at radius 1 is 1.35 bits per heavy atom. The smallest absolute Gasteiger partial charge is 0.261 e. The van der Waals surface area contributed by atoms with Crippen LogP contribution in [0.1, 0.15) is 5.56 Å². The lowest BCUT2D eigenvalue weighted by atomic mass is 10.2. The van der Waals surface area contributed by atoms with E-state index in [0.717, 1.165) is 18.2 Å². The van der Waals surface area contributed by atoms with Gasteiger partial charge in [-0.2, -0.15) is 0 Å². The van der Waals surface area contributed by atoms with Crippen molar-refractivity contribution in [1.82, 2.24) is 4.72 Å². The Labute approximate surface area is 115 Å². The molecule has 20 heavy (non-hydrogen) atoms. The quantitative estimate of drug-likeness (QED) is 0.697.